The number of hydrogen-bond acceptors (Lipinski definition) is 5. The lowest BCUT2D eigenvalue weighted by Crippen LogP contribution is -2.38. The van der Waals surface area contributed by atoms with Crippen LogP contribution in [0.1, 0.15) is 36.3 Å². The van der Waals surface area contributed by atoms with Gasteiger partial charge in [-0.1, -0.05) is 18.2 Å². The van der Waals surface area contributed by atoms with Crippen molar-refractivity contribution in [2.75, 3.05) is 27.9 Å². The molecular formula is C21H25N3O3S. The van der Waals surface area contributed by atoms with Crippen molar-refractivity contribution in [3.8, 4) is 0 Å². The van der Waals surface area contributed by atoms with E-state index in [4.69, 9.17) is 0 Å². The summed E-state index contributed by atoms with van der Waals surface area (Å²) in [6.45, 7) is 4.73. The smallest absolute Gasteiger partial charge is 0.277 e. The molecule has 28 heavy (non-hydrogen) atoms. The predicted molar refractivity (Wildman–Crippen MR) is 111 cm³/mol. The van der Waals surface area contributed by atoms with E-state index in [1.807, 2.05) is 43.0 Å². The fourth-order valence-electron chi connectivity index (χ4n) is 4.39. The molecule has 6 nitrogen and oxygen atoms in total. The minimum absolute atomic E-state index is 0.0493. The van der Waals surface area contributed by atoms with Gasteiger partial charge in [-0.25, -0.2) is 8.42 Å². The van der Waals surface area contributed by atoms with Crippen LogP contribution in [0.5, 0.6) is 0 Å². The minimum atomic E-state index is -2.97. The molecule has 7 heteroatoms. The Morgan fingerprint density at radius 3 is 2.79 bits per heavy atom. The molecule has 1 amide bonds. The molecule has 2 unspecified atom stereocenters. The number of sulfone groups is 1. The number of nitrogens with zero attached hydrogens (tertiary/aromatic N) is 3. The number of pyridine rings is 1. The Hall–Kier alpha value is -2.41. The Morgan fingerprint density at radius 2 is 2.07 bits per heavy atom. The highest BCUT2D eigenvalue weighted by Gasteiger charge is 2.34. The number of carbonyl (C=O) groups excluding carboxylic acids is 1. The third-order valence-corrected chi connectivity index (χ3v) is 7.46. The third kappa shape index (κ3) is 3.39. The summed E-state index contributed by atoms with van der Waals surface area (Å²) in [7, 11) is -2.97. The van der Waals surface area contributed by atoms with Crippen molar-refractivity contribution >= 4 is 27.1 Å². The van der Waals surface area contributed by atoms with Crippen molar-refractivity contribution in [2.24, 2.45) is 0 Å². The Bertz CT molecular complexity index is 1010. The summed E-state index contributed by atoms with van der Waals surface area (Å²) in [6, 6.07) is 11.7. The monoisotopic (exact) mass is 399 g/mol. The molecule has 2 aliphatic rings. The number of anilines is 2. The third-order valence-electron chi connectivity index (χ3n) is 5.71. The Morgan fingerprint density at radius 1 is 1.29 bits per heavy atom. The number of rotatable bonds is 4. The van der Waals surface area contributed by atoms with E-state index in [-0.39, 0.29) is 29.5 Å². The molecule has 0 N–H and O–H groups in total. The van der Waals surface area contributed by atoms with Gasteiger partial charge in [-0.05, 0) is 50.5 Å². The summed E-state index contributed by atoms with van der Waals surface area (Å²) in [5, 5.41) is 0. The molecule has 1 saturated heterocycles. The topological polar surface area (TPSA) is 70.6 Å². The number of fused-ring (bicyclic) bond motifs is 1. The van der Waals surface area contributed by atoms with Crippen LogP contribution in [-0.4, -0.2) is 49.4 Å². The Labute approximate surface area is 166 Å². The maximum absolute atomic E-state index is 13.3. The lowest BCUT2D eigenvalue weighted by Gasteiger charge is -2.29. The molecule has 2 aromatic rings. The molecule has 0 bridgehead atoms. The van der Waals surface area contributed by atoms with Crippen LogP contribution in [0, 0.1) is 0 Å². The summed E-state index contributed by atoms with van der Waals surface area (Å²) in [5.41, 5.74) is 3.36. The first-order valence-corrected chi connectivity index (χ1v) is 11.6. The molecule has 4 rings (SSSR count). The van der Waals surface area contributed by atoms with Crippen molar-refractivity contribution in [1.82, 2.24) is 4.98 Å². The van der Waals surface area contributed by atoms with Gasteiger partial charge >= 0.3 is 0 Å². The largest absolute Gasteiger partial charge is 0.368 e. The molecule has 1 aromatic carbocycles. The second kappa shape index (κ2) is 7.20. The van der Waals surface area contributed by atoms with Crippen molar-refractivity contribution < 1.29 is 13.2 Å². The van der Waals surface area contributed by atoms with E-state index in [2.05, 4.69) is 16.0 Å². The van der Waals surface area contributed by atoms with Crippen LogP contribution in [0.15, 0.2) is 42.6 Å². The first kappa shape index (κ1) is 18.9. The van der Waals surface area contributed by atoms with E-state index < -0.39 is 9.84 Å². The molecule has 148 valence electrons. The van der Waals surface area contributed by atoms with Crippen molar-refractivity contribution in [2.45, 2.75) is 38.8 Å². The van der Waals surface area contributed by atoms with Crippen LogP contribution in [0.2, 0.25) is 0 Å². The van der Waals surface area contributed by atoms with E-state index in [0.717, 1.165) is 17.8 Å². The van der Waals surface area contributed by atoms with Gasteiger partial charge in [0.1, 0.15) is 5.69 Å². The van der Waals surface area contributed by atoms with Gasteiger partial charge in [-0.15, -0.1) is 0 Å². The zero-order valence-corrected chi connectivity index (χ0v) is 17.0. The zero-order valence-electron chi connectivity index (χ0n) is 16.2. The molecule has 1 fully saturated rings. The van der Waals surface area contributed by atoms with E-state index >= 15 is 0 Å². The SMILES string of the molecule is CCN(c1ccnc(C(=O)N2c3ccccc3CC2C)c1)C1CCS(=O)(=O)C1. The first-order valence-electron chi connectivity index (χ1n) is 9.74. The van der Waals surface area contributed by atoms with Crippen LogP contribution in [0.25, 0.3) is 0 Å². The molecule has 2 aliphatic heterocycles. The summed E-state index contributed by atoms with van der Waals surface area (Å²) < 4.78 is 23.8. The van der Waals surface area contributed by atoms with Crippen LogP contribution >= 0.6 is 0 Å². The molecular weight excluding hydrogens is 374 g/mol. The van der Waals surface area contributed by atoms with Gasteiger partial charge in [0.25, 0.3) is 5.91 Å². The normalized spacial score (nSPS) is 22.9. The molecule has 3 heterocycles. The lowest BCUT2D eigenvalue weighted by molar-refractivity contribution is 0.0976. The Kier molecular flexibility index (Phi) is 4.87. The number of benzene rings is 1. The molecule has 0 radical (unpaired) electrons. The van der Waals surface area contributed by atoms with Gasteiger partial charge in [0.15, 0.2) is 9.84 Å². The number of para-hydroxylation sites is 1. The average Bonchev–Trinajstić information content (AvgIpc) is 3.20. The van der Waals surface area contributed by atoms with Gasteiger partial charge in [0, 0.05) is 36.2 Å². The fourth-order valence-corrected chi connectivity index (χ4v) is 6.12. The van der Waals surface area contributed by atoms with Gasteiger partial charge in [-0.3, -0.25) is 9.78 Å². The van der Waals surface area contributed by atoms with Gasteiger partial charge in [0.05, 0.1) is 11.5 Å². The molecule has 0 spiro atoms. The number of aromatic nitrogens is 1. The van der Waals surface area contributed by atoms with Crippen LogP contribution in [0.4, 0.5) is 11.4 Å². The van der Waals surface area contributed by atoms with E-state index in [0.29, 0.717) is 18.7 Å². The van der Waals surface area contributed by atoms with Gasteiger partial charge in [-0.2, -0.15) is 0 Å². The van der Waals surface area contributed by atoms with Gasteiger partial charge < -0.3 is 9.80 Å². The highest BCUT2D eigenvalue weighted by atomic mass is 32.2. The van der Waals surface area contributed by atoms with Gasteiger partial charge in [0.2, 0.25) is 0 Å². The summed E-state index contributed by atoms with van der Waals surface area (Å²) in [6.07, 6.45) is 3.10. The highest BCUT2D eigenvalue weighted by Crippen LogP contribution is 2.33. The quantitative estimate of drug-likeness (QED) is 0.791. The second-order valence-corrected chi connectivity index (χ2v) is 9.83. The van der Waals surface area contributed by atoms with Crippen LogP contribution in [0.3, 0.4) is 0 Å². The highest BCUT2D eigenvalue weighted by molar-refractivity contribution is 7.91. The molecule has 1 aromatic heterocycles. The summed E-state index contributed by atoms with van der Waals surface area (Å²) in [4.78, 5) is 21.5. The van der Waals surface area contributed by atoms with E-state index in [1.165, 1.54) is 5.56 Å². The molecule has 0 aliphatic carbocycles. The standard InChI is InChI=1S/C21H25N3O3S/c1-3-23(18-9-11-28(26,27)14-18)17-8-10-22-19(13-17)21(25)24-15(2)12-16-6-4-5-7-20(16)24/h4-8,10,13,15,18H,3,9,11-12,14H2,1-2H3. The Balaban J connectivity index is 1.63. The number of carbonyl (C=O) groups is 1. The minimum Gasteiger partial charge on any atom is -0.368 e. The molecule has 2 atom stereocenters. The number of hydrogen-bond donors (Lipinski definition) is 0. The maximum Gasteiger partial charge on any atom is 0.277 e. The van der Waals surface area contributed by atoms with Crippen LogP contribution < -0.4 is 9.80 Å². The van der Waals surface area contributed by atoms with Crippen molar-refractivity contribution in [3.05, 3.63) is 53.9 Å². The van der Waals surface area contributed by atoms with Crippen molar-refractivity contribution in [3.63, 3.8) is 0 Å². The number of amides is 1. The second-order valence-electron chi connectivity index (χ2n) is 7.60. The molecule has 0 saturated carbocycles. The fraction of sp³-hybridized carbons (Fsp3) is 0.429. The van der Waals surface area contributed by atoms with E-state index in [9.17, 15) is 13.2 Å². The summed E-state index contributed by atoms with van der Waals surface area (Å²) in [5.74, 6) is 0.283. The van der Waals surface area contributed by atoms with E-state index in [1.54, 1.807) is 12.3 Å². The predicted octanol–water partition coefficient (Wildman–Crippen LogP) is 2.69. The first-order chi connectivity index (χ1) is 13.4. The lowest BCUT2D eigenvalue weighted by atomic mass is 10.1. The summed E-state index contributed by atoms with van der Waals surface area (Å²) >= 11 is 0. The maximum atomic E-state index is 13.3. The van der Waals surface area contributed by atoms with Crippen molar-refractivity contribution in [1.29, 1.82) is 0 Å². The van der Waals surface area contributed by atoms with Crippen LogP contribution in [-0.2, 0) is 16.3 Å². The average molecular weight is 400 g/mol. The zero-order chi connectivity index (χ0) is 19.9.